The number of hydrogen-bond donors (Lipinski definition) is 5. The molecule has 0 saturated carbocycles. The largest absolute Gasteiger partial charge is 0.493 e. The van der Waals surface area contributed by atoms with Gasteiger partial charge < -0.3 is 31.0 Å². The van der Waals surface area contributed by atoms with E-state index < -0.39 is 35.5 Å². The zero-order chi connectivity index (χ0) is 30.6. The molecule has 2 heterocycles. The van der Waals surface area contributed by atoms with Crippen molar-refractivity contribution >= 4 is 23.2 Å². The number of methoxy groups -OCH3 is 1. The number of H-pyrrole nitrogens is 1. The van der Waals surface area contributed by atoms with Gasteiger partial charge in [-0.15, -0.1) is 5.10 Å². The number of nitrogens with two attached hydrogens (primary N) is 2. The summed E-state index contributed by atoms with van der Waals surface area (Å²) in [5.74, 6) is -2.82. The quantitative estimate of drug-likeness (QED) is 0.0797. The molecule has 13 nitrogen and oxygen atoms in total. The number of aromatic amines is 1. The van der Waals surface area contributed by atoms with Crippen molar-refractivity contribution in [2.45, 2.75) is 19.1 Å². The minimum Gasteiger partial charge on any atom is -0.493 e. The lowest BCUT2D eigenvalue weighted by Crippen LogP contribution is -2.29. The Morgan fingerprint density at radius 1 is 1.17 bits per heavy atom. The van der Waals surface area contributed by atoms with Gasteiger partial charge in [0.1, 0.15) is 17.6 Å². The maximum atomic E-state index is 12.9. The highest BCUT2D eigenvalue weighted by Crippen LogP contribution is 2.35. The molecule has 1 atom stereocenters. The van der Waals surface area contributed by atoms with E-state index >= 15 is 0 Å². The van der Waals surface area contributed by atoms with Crippen molar-refractivity contribution in [1.82, 2.24) is 19.7 Å². The van der Waals surface area contributed by atoms with Crippen LogP contribution in [0.5, 0.6) is 17.2 Å². The van der Waals surface area contributed by atoms with E-state index in [0.29, 0.717) is 23.7 Å². The number of nitrogens with one attached hydrogen (secondary N) is 3. The molecule has 4 rings (SSSR count). The van der Waals surface area contributed by atoms with E-state index in [2.05, 4.69) is 25.1 Å². The molecule has 0 aliphatic heterocycles. The number of carbonyl (C=O) groups excluding carboxylic acids is 1. The molecule has 2 aromatic carbocycles. The molecule has 2 aromatic heterocycles. The van der Waals surface area contributed by atoms with Crippen LogP contribution in [-0.4, -0.2) is 51.4 Å². The van der Waals surface area contributed by atoms with Gasteiger partial charge >= 0.3 is 17.8 Å². The van der Waals surface area contributed by atoms with Crippen LogP contribution < -0.4 is 36.7 Å². The van der Waals surface area contributed by atoms with Crippen molar-refractivity contribution in [3.8, 4) is 23.1 Å². The maximum Gasteiger partial charge on any atom is 0.491 e. The number of amidine groups is 1. The molecule has 7 N–H and O–H groups in total. The Morgan fingerprint density at radius 2 is 1.93 bits per heavy atom. The molecule has 0 saturated heterocycles. The van der Waals surface area contributed by atoms with Crippen molar-refractivity contribution in [2.24, 2.45) is 5.73 Å². The van der Waals surface area contributed by atoms with Crippen LogP contribution in [0.3, 0.4) is 0 Å². The van der Waals surface area contributed by atoms with Crippen LogP contribution in [0.4, 0.5) is 24.5 Å². The van der Waals surface area contributed by atoms with Crippen LogP contribution in [0.1, 0.15) is 29.9 Å². The molecule has 16 heteroatoms. The third kappa shape index (κ3) is 6.27. The van der Waals surface area contributed by atoms with Crippen LogP contribution in [0.15, 0.2) is 59.5 Å². The minimum absolute atomic E-state index is 0.0575. The number of aromatic nitrogens is 4. The second kappa shape index (κ2) is 11.9. The van der Waals surface area contributed by atoms with Gasteiger partial charge in [0.2, 0.25) is 0 Å². The molecule has 0 amide bonds. The van der Waals surface area contributed by atoms with Crippen LogP contribution in [-0.2, 0) is 4.79 Å². The highest BCUT2D eigenvalue weighted by molar-refractivity contribution is 5.99. The summed E-state index contributed by atoms with van der Waals surface area (Å²) in [6.07, 6.45) is -3.86. The van der Waals surface area contributed by atoms with Crippen molar-refractivity contribution in [3.05, 3.63) is 82.2 Å². The Labute approximate surface area is 235 Å². The summed E-state index contributed by atoms with van der Waals surface area (Å²) in [5.41, 5.74) is 11.3. The Hall–Kier alpha value is -5.54. The first kappa shape index (κ1) is 29.4. The molecular weight excluding hydrogens is 561 g/mol. The lowest BCUT2D eigenvalue weighted by molar-refractivity contribution is -0.189. The fourth-order valence-electron chi connectivity index (χ4n) is 3.89. The topological polar surface area (TPSA) is 196 Å². The summed E-state index contributed by atoms with van der Waals surface area (Å²) in [5, 5.41) is 15.1. The number of rotatable bonds is 10. The van der Waals surface area contributed by atoms with E-state index in [0.717, 1.165) is 10.7 Å². The zero-order valence-corrected chi connectivity index (χ0v) is 22.2. The van der Waals surface area contributed by atoms with Gasteiger partial charge in [-0.1, -0.05) is 6.07 Å². The number of pyridine rings is 1. The van der Waals surface area contributed by atoms with Crippen molar-refractivity contribution in [3.63, 3.8) is 0 Å². The molecule has 0 bridgehead atoms. The molecule has 0 aliphatic carbocycles. The fourth-order valence-corrected chi connectivity index (χ4v) is 3.89. The Kier molecular flexibility index (Phi) is 8.35. The SMILES string of the molecule is CCOc1cc(C(Nc2ccc(C(=N)N)c(OC(=O)C(F)(F)F)c2)c2nn(-c3ncccc3N)c(=O)[nH]2)ccc1OC. The number of nitrogen functional groups attached to an aromatic ring is 2. The van der Waals surface area contributed by atoms with Gasteiger partial charge in [-0.05, 0) is 48.9 Å². The summed E-state index contributed by atoms with van der Waals surface area (Å²) in [6, 6.07) is 10.7. The number of nitrogens with zero attached hydrogens (tertiary/aromatic N) is 3. The van der Waals surface area contributed by atoms with E-state index in [4.69, 9.17) is 26.4 Å². The molecular formula is C26H25F3N8O5. The highest BCUT2D eigenvalue weighted by atomic mass is 19.4. The number of alkyl halides is 3. The van der Waals surface area contributed by atoms with E-state index in [1.807, 2.05) is 0 Å². The molecule has 0 aliphatic rings. The van der Waals surface area contributed by atoms with Gasteiger partial charge in [-0.3, -0.25) is 10.4 Å². The Balaban J connectivity index is 1.83. The van der Waals surface area contributed by atoms with Gasteiger partial charge in [0.25, 0.3) is 0 Å². The van der Waals surface area contributed by atoms with Crippen LogP contribution >= 0.6 is 0 Å². The smallest absolute Gasteiger partial charge is 0.491 e. The highest BCUT2D eigenvalue weighted by Gasteiger charge is 2.42. The normalized spacial score (nSPS) is 11.9. The molecule has 0 radical (unpaired) electrons. The lowest BCUT2D eigenvalue weighted by Gasteiger charge is -2.21. The Bertz CT molecular complexity index is 1690. The first-order valence-electron chi connectivity index (χ1n) is 12.2. The van der Waals surface area contributed by atoms with Crippen LogP contribution in [0.25, 0.3) is 5.82 Å². The third-order valence-electron chi connectivity index (χ3n) is 5.76. The average Bonchev–Trinajstić information content (AvgIpc) is 3.32. The molecule has 0 fully saturated rings. The summed E-state index contributed by atoms with van der Waals surface area (Å²) in [6.45, 7) is 2.08. The fraction of sp³-hybridized carbons (Fsp3) is 0.192. The first-order valence-corrected chi connectivity index (χ1v) is 12.2. The summed E-state index contributed by atoms with van der Waals surface area (Å²) in [4.78, 5) is 31.2. The van der Waals surface area contributed by atoms with Crippen LogP contribution in [0, 0.1) is 5.41 Å². The summed E-state index contributed by atoms with van der Waals surface area (Å²) >= 11 is 0. The average molecular weight is 587 g/mol. The molecule has 1 unspecified atom stereocenters. The maximum absolute atomic E-state index is 12.9. The van der Waals surface area contributed by atoms with E-state index in [1.165, 1.54) is 31.5 Å². The van der Waals surface area contributed by atoms with Crippen molar-refractivity contribution in [1.29, 1.82) is 5.41 Å². The summed E-state index contributed by atoms with van der Waals surface area (Å²) < 4.78 is 55.3. The van der Waals surface area contributed by atoms with Gasteiger partial charge in [0, 0.05) is 18.0 Å². The lowest BCUT2D eigenvalue weighted by atomic mass is 10.0. The Morgan fingerprint density at radius 3 is 2.57 bits per heavy atom. The van der Waals surface area contributed by atoms with Crippen LogP contribution in [0.2, 0.25) is 0 Å². The number of hydrogen-bond acceptors (Lipinski definition) is 10. The number of esters is 1. The number of anilines is 2. The van der Waals surface area contributed by atoms with Crippen molar-refractivity contribution < 1.29 is 32.2 Å². The standard InChI is InChI=1S/C26H25F3N8O5/c1-3-41-19-11-13(6-9-17(19)40-2)20(22-35-25(39)37(36-22)23-16(30)5-4-10-33-23)34-14-7-8-15(21(31)32)18(12-14)42-24(38)26(27,28)29/h4-12,20,34H,3,30H2,1-2H3,(H3,31,32)(H,35,36,39). The van der Waals surface area contributed by atoms with Gasteiger partial charge in [-0.2, -0.15) is 17.9 Å². The predicted molar refractivity (Wildman–Crippen MR) is 145 cm³/mol. The molecule has 220 valence electrons. The number of carbonyl (C=O) groups is 1. The third-order valence-corrected chi connectivity index (χ3v) is 5.76. The van der Waals surface area contributed by atoms with Gasteiger partial charge in [-0.25, -0.2) is 14.6 Å². The zero-order valence-electron chi connectivity index (χ0n) is 22.2. The second-order valence-corrected chi connectivity index (χ2v) is 8.58. The van der Waals surface area contributed by atoms with Crippen molar-refractivity contribution in [2.75, 3.05) is 24.8 Å². The molecule has 0 spiro atoms. The monoisotopic (exact) mass is 586 g/mol. The molecule has 42 heavy (non-hydrogen) atoms. The van der Waals surface area contributed by atoms with Gasteiger partial charge in [0.05, 0.1) is 25.0 Å². The number of halogens is 3. The number of benzene rings is 2. The molecule has 4 aromatic rings. The minimum atomic E-state index is -5.29. The van der Waals surface area contributed by atoms with Gasteiger partial charge in [0.15, 0.2) is 23.1 Å². The second-order valence-electron chi connectivity index (χ2n) is 8.58. The predicted octanol–water partition coefficient (Wildman–Crippen LogP) is 2.90. The van der Waals surface area contributed by atoms with E-state index in [1.54, 1.807) is 31.2 Å². The number of ether oxygens (including phenoxy) is 3. The van der Waals surface area contributed by atoms with E-state index in [-0.39, 0.29) is 28.6 Å². The first-order chi connectivity index (χ1) is 19.9. The van der Waals surface area contributed by atoms with E-state index in [9.17, 15) is 22.8 Å². The summed E-state index contributed by atoms with van der Waals surface area (Å²) in [7, 11) is 1.46.